The van der Waals surface area contributed by atoms with E-state index in [-0.39, 0.29) is 0 Å². The maximum absolute atomic E-state index is 5.74. The Morgan fingerprint density at radius 3 is 2.33 bits per heavy atom. The van der Waals surface area contributed by atoms with Crippen molar-refractivity contribution >= 4 is 23.3 Å². The van der Waals surface area contributed by atoms with Crippen LogP contribution in [0.1, 0.15) is 44.1 Å². The average molecular weight is 298 g/mol. The highest BCUT2D eigenvalue weighted by molar-refractivity contribution is 7.71. The van der Waals surface area contributed by atoms with E-state index in [1.165, 1.54) is 55.1 Å². The topological polar surface area (TPSA) is 20.7 Å². The van der Waals surface area contributed by atoms with Crippen molar-refractivity contribution in [2.75, 3.05) is 0 Å². The Labute approximate surface area is 130 Å². The fraction of sp³-hybridized carbons (Fsp3) is 0.611. The van der Waals surface area contributed by atoms with Crippen LogP contribution in [0.5, 0.6) is 0 Å². The highest BCUT2D eigenvalue weighted by Crippen LogP contribution is 2.59. The van der Waals surface area contributed by atoms with Crippen LogP contribution in [0.4, 0.5) is 0 Å². The van der Waals surface area contributed by atoms with Crippen LogP contribution in [-0.4, -0.2) is 9.55 Å². The standard InChI is InChI=1S/C18H22N2S/c1-11-2-3-15-16(4-11)20(17(21)19-15)18-8-12-5-13(9-18)7-14(6-12)10-18/h2-4,12-14H,5-10H2,1H3,(H,19,21). The number of fused-ring (bicyclic) bond motifs is 1. The van der Waals surface area contributed by atoms with Gasteiger partial charge in [0.15, 0.2) is 4.77 Å². The van der Waals surface area contributed by atoms with Crippen LogP contribution in [-0.2, 0) is 5.54 Å². The zero-order chi connectivity index (χ0) is 14.2. The molecule has 4 fully saturated rings. The smallest absolute Gasteiger partial charge is 0.178 e. The number of nitrogens with one attached hydrogen (secondary N) is 1. The number of aromatic nitrogens is 2. The van der Waals surface area contributed by atoms with Gasteiger partial charge in [0.1, 0.15) is 0 Å². The summed E-state index contributed by atoms with van der Waals surface area (Å²) in [4.78, 5) is 3.46. The van der Waals surface area contributed by atoms with Crippen molar-refractivity contribution in [2.45, 2.75) is 51.0 Å². The minimum Gasteiger partial charge on any atom is -0.331 e. The Balaban J connectivity index is 1.75. The molecule has 1 aromatic heterocycles. The Kier molecular flexibility index (Phi) is 2.38. The Hall–Kier alpha value is -1.09. The van der Waals surface area contributed by atoms with E-state index >= 15 is 0 Å². The summed E-state index contributed by atoms with van der Waals surface area (Å²) < 4.78 is 3.47. The van der Waals surface area contributed by atoms with E-state index in [4.69, 9.17) is 12.2 Å². The highest BCUT2D eigenvalue weighted by Gasteiger charge is 2.52. The fourth-order valence-electron chi connectivity index (χ4n) is 6.02. The molecule has 0 amide bonds. The molecule has 1 aromatic carbocycles. The first-order valence-electron chi connectivity index (χ1n) is 8.35. The van der Waals surface area contributed by atoms with E-state index in [1.807, 2.05) is 0 Å². The van der Waals surface area contributed by atoms with Gasteiger partial charge in [0.2, 0.25) is 0 Å². The number of imidazole rings is 1. The minimum absolute atomic E-state index is 0.317. The van der Waals surface area contributed by atoms with Gasteiger partial charge in [-0.05, 0) is 93.1 Å². The van der Waals surface area contributed by atoms with E-state index in [0.717, 1.165) is 22.5 Å². The second kappa shape index (κ2) is 4.01. The van der Waals surface area contributed by atoms with Gasteiger partial charge in [0.05, 0.1) is 11.0 Å². The first-order valence-corrected chi connectivity index (χ1v) is 8.76. The molecule has 0 unspecified atom stereocenters. The number of benzene rings is 1. The number of aryl methyl sites for hydroxylation is 1. The molecule has 1 heterocycles. The summed E-state index contributed by atoms with van der Waals surface area (Å²) in [6, 6.07) is 6.69. The lowest BCUT2D eigenvalue weighted by molar-refractivity contribution is -0.0416. The molecule has 0 aliphatic heterocycles. The zero-order valence-electron chi connectivity index (χ0n) is 12.6. The molecule has 0 spiro atoms. The molecular weight excluding hydrogens is 276 g/mol. The average Bonchev–Trinajstić information content (AvgIpc) is 2.72. The number of hydrogen-bond donors (Lipinski definition) is 1. The molecule has 6 rings (SSSR count). The largest absolute Gasteiger partial charge is 0.331 e. The van der Waals surface area contributed by atoms with Gasteiger partial charge in [0.25, 0.3) is 0 Å². The molecule has 4 saturated carbocycles. The van der Waals surface area contributed by atoms with Crippen LogP contribution in [0.3, 0.4) is 0 Å². The second-order valence-electron chi connectivity index (χ2n) is 7.93. The normalized spacial score (nSPS) is 37.5. The first kappa shape index (κ1) is 12.5. The Morgan fingerprint density at radius 1 is 1.10 bits per heavy atom. The highest BCUT2D eigenvalue weighted by atomic mass is 32.1. The monoisotopic (exact) mass is 298 g/mol. The molecule has 0 saturated heterocycles. The van der Waals surface area contributed by atoms with Crippen molar-refractivity contribution in [3.8, 4) is 0 Å². The predicted octanol–water partition coefficient (Wildman–Crippen LogP) is 4.93. The summed E-state index contributed by atoms with van der Waals surface area (Å²) in [6.45, 7) is 2.18. The third-order valence-corrected chi connectivity index (χ3v) is 6.60. The lowest BCUT2D eigenvalue weighted by Crippen LogP contribution is -2.51. The van der Waals surface area contributed by atoms with E-state index in [0.29, 0.717) is 5.54 Å². The van der Waals surface area contributed by atoms with Gasteiger partial charge in [0, 0.05) is 5.54 Å². The van der Waals surface area contributed by atoms with Crippen LogP contribution < -0.4 is 0 Å². The Morgan fingerprint density at radius 2 is 1.71 bits per heavy atom. The molecule has 0 atom stereocenters. The first-order chi connectivity index (χ1) is 10.1. The Bertz CT molecular complexity index is 747. The van der Waals surface area contributed by atoms with Gasteiger partial charge >= 0.3 is 0 Å². The molecule has 110 valence electrons. The van der Waals surface area contributed by atoms with Gasteiger partial charge < -0.3 is 9.55 Å². The maximum Gasteiger partial charge on any atom is 0.178 e. The summed E-state index contributed by atoms with van der Waals surface area (Å²) in [7, 11) is 0. The van der Waals surface area contributed by atoms with Crippen molar-refractivity contribution in [3.05, 3.63) is 28.5 Å². The van der Waals surface area contributed by atoms with E-state index in [9.17, 15) is 0 Å². The summed E-state index contributed by atoms with van der Waals surface area (Å²) in [5.74, 6) is 2.86. The molecule has 0 radical (unpaired) electrons. The molecule has 4 aliphatic carbocycles. The number of H-pyrrole nitrogens is 1. The van der Waals surface area contributed by atoms with E-state index in [2.05, 4.69) is 34.7 Å². The summed E-state index contributed by atoms with van der Waals surface area (Å²) in [6.07, 6.45) is 8.51. The number of nitrogens with zero attached hydrogens (tertiary/aromatic N) is 1. The van der Waals surface area contributed by atoms with Gasteiger partial charge in [-0.1, -0.05) is 6.07 Å². The van der Waals surface area contributed by atoms with Crippen molar-refractivity contribution in [1.29, 1.82) is 0 Å². The van der Waals surface area contributed by atoms with Gasteiger partial charge in [-0.2, -0.15) is 0 Å². The van der Waals surface area contributed by atoms with Crippen molar-refractivity contribution in [1.82, 2.24) is 9.55 Å². The molecule has 2 aromatic rings. The van der Waals surface area contributed by atoms with Crippen LogP contribution in [0.2, 0.25) is 0 Å². The molecular formula is C18H22N2S. The summed E-state index contributed by atoms with van der Waals surface area (Å²) in [5, 5.41) is 0. The molecule has 2 nitrogen and oxygen atoms in total. The SMILES string of the molecule is Cc1ccc2[nH]c(=S)n(C34CC5CC(CC(C5)C3)C4)c2c1. The van der Waals surface area contributed by atoms with Crippen molar-refractivity contribution < 1.29 is 0 Å². The van der Waals surface area contributed by atoms with Gasteiger partial charge in [-0.25, -0.2) is 0 Å². The molecule has 1 N–H and O–H groups in total. The van der Waals surface area contributed by atoms with E-state index < -0.39 is 0 Å². The second-order valence-corrected chi connectivity index (χ2v) is 8.31. The third-order valence-electron chi connectivity index (χ3n) is 6.32. The van der Waals surface area contributed by atoms with Crippen LogP contribution in [0.25, 0.3) is 11.0 Å². The predicted molar refractivity (Wildman–Crippen MR) is 88.0 cm³/mol. The van der Waals surface area contributed by atoms with Crippen molar-refractivity contribution in [2.24, 2.45) is 17.8 Å². The number of aromatic amines is 1. The molecule has 21 heavy (non-hydrogen) atoms. The van der Waals surface area contributed by atoms with Crippen LogP contribution in [0, 0.1) is 29.4 Å². The van der Waals surface area contributed by atoms with Crippen LogP contribution >= 0.6 is 12.2 Å². The number of rotatable bonds is 1. The van der Waals surface area contributed by atoms with E-state index in [1.54, 1.807) is 0 Å². The van der Waals surface area contributed by atoms with Crippen LogP contribution in [0.15, 0.2) is 18.2 Å². The summed E-state index contributed by atoms with van der Waals surface area (Å²) >= 11 is 5.74. The molecule has 4 aliphatic rings. The fourth-order valence-corrected chi connectivity index (χ4v) is 6.42. The minimum atomic E-state index is 0.317. The number of hydrogen-bond acceptors (Lipinski definition) is 1. The summed E-state index contributed by atoms with van der Waals surface area (Å²) in [5.41, 5.74) is 4.19. The zero-order valence-corrected chi connectivity index (χ0v) is 13.4. The van der Waals surface area contributed by atoms with Gasteiger partial charge in [-0.15, -0.1) is 0 Å². The van der Waals surface area contributed by atoms with Crippen molar-refractivity contribution in [3.63, 3.8) is 0 Å². The molecule has 4 bridgehead atoms. The molecule has 3 heteroatoms. The van der Waals surface area contributed by atoms with Gasteiger partial charge in [-0.3, -0.25) is 0 Å². The quantitative estimate of drug-likeness (QED) is 0.740. The lowest BCUT2D eigenvalue weighted by Gasteiger charge is -2.57. The maximum atomic E-state index is 5.74. The lowest BCUT2D eigenvalue weighted by atomic mass is 9.53. The third kappa shape index (κ3) is 1.67.